The van der Waals surface area contributed by atoms with Crippen molar-refractivity contribution in [2.24, 2.45) is 0 Å². The molecule has 2 saturated heterocycles. The van der Waals surface area contributed by atoms with Gasteiger partial charge in [0.05, 0.1) is 18.2 Å². The van der Waals surface area contributed by atoms with E-state index in [2.05, 4.69) is 20.5 Å². The number of aromatic nitrogens is 3. The van der Waals surface area contributed by atoms with E-state index >= 15 is 0 Å². The van der Waals surface area contributed by atoms with Crippen molar-refractivity contribution >= 4 is 5.91 Å². The second-order valence-corrected chi connectivity index (χ2v) is 5.39. The summed E-state index contributed by atoms with van der Waals surface area (Å²) in [5.74, 6) is 0.995. The van der Waals surface area contributed by atoms with Gasteiger partial charge in [-0.1, -0.05) is 13.8 Å². The average Bonchev–Trinajstić information content (AvgIpc) is 3.04. The lowest BCUT2D eigenvalue weighted by atomic mass is 9.95. The normalized spacial score (nSPS) is 30.1. The standard InChI is InChI=1S/C12H18N4O2/c1-6(2)10-14-11(16-15-10)12(17)13-8-5-7-3-4-9(8)18-7/h6-9H,3-5H2,1-2H3,(H,13,17)(H,14,15,16). The Bertz CT molecular complexity index is 457. The van der Waals surface area contributed by atoms with E-state index in [-0.39, 0.29) is 29.8 Å². The number of hydrogen-bond donors (Lipinski definition) is 2. The Hall–Kier alpha value is -1.43. The number of aromatic amines is 1. The summed E-state index contributed by atoms with van der Waals surface area (Å²) in [6, 6.07) is 0.122. The topological polar surface area (TPSA) is 79.9 Å². The van der Waals surface area contributed by atoms with Crippen molar-refractivity contribution in [3.63, 3.8) is 0 Å². The van der Waals surface area contributed by atoms with Crippen LogP contribution >= 0.6 is 0 Å². The van der Waals surface area contributed by atoms with Crippen LogP contribution in [-0.4, -0.2) is 39.3 Å². The number of amides is 1. The summed E-state index contributed by atoms with van der Waals surface area (Å²) in [6.07, 6.45) is 3.59. The van der Waals surface area contributed by atoms with Gasteiger partial charge in [-0.15, -0.1) is 5.10 Å². The van der Waals surface area contributed by atoms with E-state index in [0.29, 0.717) is 6.10 Å². The number of nitrogens with one attached hydrogen (secondary N) is 2. The number of fused-ring (bicyclic) bond motifs is 2. The van der Waals surface area contributed by atoms with Crippen LogP contribution in [0.3, 0.4) is 0 Å². The fourth-order valence-electron chi connectivity index (χ4n) is 2.66. The van der Waals surface area contributed by atoms with Gasteiger partial charge in [0.1, 0.15) is 5.82 Å². The Morgan fingerprint density at radius 2 is 2.33 bits per heavy atom. The highest BCUT2D eigenvalue weighted by Crippen LogP contribution is 2.34. The molecule has 3 rings (SSSR count). The molecule has 3 atom stereocenters. The van der Waals surface area contributed by atoms with Crippen molar-refractivity contribution in [2.75, 3.05) is 0 Å². The molecule has 0 aromatic carbocycles. The minimum Gasteiger partial charge on any atom is -0.373 e. The lowest BCUT2D eigenvalue weighted by molar-refractivity contribution is 0.0834. The molecule has 0 aliphatic carbocycles. The third-order valence-corrected chi connectivity index (χ3v) is 3.68. The van der Waals surface area contributed by atoms with Gasteiger partial charge in [0, 0.05) is 5.92 Å². The third kappa shape index (κ3) is 2.01. The molecule has 6 nitrogen and oxygen atoms in total. The molecule has 6 heteroatoms. The van der Waals surface area contributed by atoms with Gasteiger partial charge in [-0.25, -0.2) is 4.98 Å². The number of carbonyl (C=O) groups excluding carboxylic acids is 1. The number of ether oxygens (including phenoxy) is 1. The van der Waals surface area contributed by atoms with Crippen LogP contribution in [0.4, 0.5) is 0 Å². The van der Waals surface area contributed by atoms with E-state index < -0.39 is 0 Å². The van der Waals surface area contributed by atoms with Crippen LogP contribution < -0.4 is 5.32 Å². The first-order chi connectivity index (χ1) is 8.63. The Labute approximate surface area is 106 Å². The molecule has 0 radical (unpaired) electrons. The Balaban J connectivity index is 1.64. The van der Waals surface area contributed by atoms with E-state index in [1.54, 1.807) is 0 Å². The van der Waals surface area contributed by atoms with Crippen LogP contribution in [0.15, 0.2) is 0 Å². The van der Waals surface area contributed by atoms with Gasteiger partial charge < -0.3 is 10.1 Å². The first kappa shape index (κ1) is 11.6. The van der Waals surface area contributed by atoms with E-state index in [1.165, 1.54) is 0 Å². The highest BCUT2D eigenvalue weighted by Gasteiger charge is 2.41. The van der Waals surface area contributed by atoms with Crippen LogP contribution in [-0.2, 0) is 4.74 Å². The van der Waals surface area contributed by atoms with Gasteiger partial charge in [-0.2, -0.15) is 0 Å². The quantitative estimate of drug-likeness (QED) is 0.838. The molecule has 0 saturated carbocycles. The lowest BCUT2D eigenvalue weighted by Gasteiger charge is -2.18. The van der Waals surface area contributed by atoms with E-state index in [9.17, 15) is 4.79 Å². The smallest absolute Gasteiger partial charge is 0.291 e. The van der Waals surface area contributed by atoms with Gasteiger partial charge >= 0.3 is 0 Å². The summed E-state index contributed by atoms with van der Waals surface area (Å²) in [5, 5.41) is 9.71. The van der Waals surface area contributed by atoms with Gasteiger partial charge in [0.15, 0.2) is 0 Å². The molecule has 2 aliphatic heterocycles. The first-order valence-electron chi connectivity index (χ1n) is 6.52. The number of nitrogens with zero attached hydrogens (tertiary/aromatic N) is 2. The van der Waals surface area contributed by atoms with Gasteiger partial charge in [0.2, 0.25) is 5.82 Å². The average molecular weight is 250 g/mol. The van der Waals surface area contributed by atoms with Gasteiger partial charge in [-0.05, 0) is 19.3 Å². The van der Waals surface area contributed by atoms with Crippen molar-refractivity contribution in [1.29, 1.82) is 0 Å². The van der Waals surface area contributed by atoms with E-state index in [4.69, 9.17) is 4.74 Å². The monoisotopic (exact) mass is 250 g/mol. The predicted octanol–water partition coefficient (Wildman–Crippen LogP) is 0.978. The number of rotatable bonds is 3. The number of carbonyl (C=O) groups is 1. The molecule has 1 aromatic heterocycles. The fourth-order valence-corrected chi connectivity index (χ4v) is 2.66. The second-order valence-electron chi connectivity index (χ2n) is 5.39. The second kappa shape index (κ2) is 4.35. The van der Waals surface area contributed by atoms with Crippen molar-refractivity contribution in [2.45, 2.75) is 57.3 Å². The number of hydrogen-bond acceptors (Lipinski definition) is 4. The van der Waals surface area contributed by atoms with Crippen molar-refractivity contribution in [3.8, 4) is 0 Å². The molecule has 1 amide bonds. The summed E-state index contributed by atoms with van der Waals surface area (Å²) < 4.78 is 5.70. The zero-order valence-corrected chi connectivity index (χ0v) is 10.6. The maximum Gasteiger partial charge on any atom is 0.291 e. The molecule has 1 aromatic rings. The largest absolute Gasteiger partial charge is 0.373 e. The van der Waals surface area contributed by atoms with Crippen LogP contribution in [0.5, 0.6) is 0 Å². The molecular weight excluding hydrogens is 232 g/mol. The molecule has 0 spiro atoms. The van der Waals surface area contributed by atoms with Crippen molar-refractivity contribution in [3.05, 3.63) is 11.6 Å². The fraction of sp³-hybridized carbons (Fsp3) is 0.750. The third-order valence-electron chi connectivity index (χ3n) is 3.68. The zero-order valence-electron chi connectivity index (χ0n) is 10.6. The van der Waals surface area contributed by atoms with E-state index in [1.807, 2.05) is 13.8 Å². The minimum atomic E-state index is -0.209. The van der Waals surface area contributed by atoms with Crippen molar-refractivity contribution in [1.82, 2.24) is 20.5 Å². The van der Waals surface area contributed by atoms with Crippen molar-refractivity contribution < 1.29 is 9.53 Å². The maximum absolute atomic E-state index is 12.0. The molecular formula is C12H18N4O2. The molecule has 3 heterocycles. The maximum atomic E-state index is 12.0. The van der Waals surface area contributed by atoms with Crippen LogP contribution in [0.1, 0.15) is 55.5 Å². The van der Waals surface area contributed by atoms with Crippen LogP contribution in [0.2, 0.25) is 0 Å². The molecule has 2 N–H and O–H groups in total. The highest BCUT2D eigenvalue weighted by molar-refractivity contribution is 5.90. The van der Waals surface area contributed by atoms with Crippen LogP contribution in [0, 0.1) is 0 Å². The molecule has 2 fully saturated rings. The summed E-state index contributed by atoms with van der Waals surface area (Å²) in [5.41, 5.74) is 0. The Kier molecular flexibility index (Phi) is 2.81. The summed E-state index contributed by atoms with van der Waals surface area (Å²) in [7, 11) is 0. The van der Waals surface area contributed by atoms with Gasteiger partial charge in [-0.3, -0.25) is 9.89 Å². The number of H-pyrrole nitrogens is 1. The first-order valence-corrected chi connectivity index (χ1v) is 6.52. The Morgan fingerprint density at radius 1 is 1.50 bits per heavy atom. The predicted molar refractivity (Wildman–Crippen MR) is 64.2 cm³/mol. The molecule has 2 bridgehead atoms. The minimum absolute atomic E-state index is 0.122. The molecule has 98 valence electrons. The lowest BCUT2D eigenvalue weighted by Crippen LogP contribution is -2.41. The zero-order chi connectivity index (χ0) is 12.7. The highest BCUT2D eigenvalue weighted by atomic mass is 16.5. The van der Waals surface area contributed by atoms with Gasteiger partial charge in [0.25, 0.3) is 5.91 Å². The molecule has 18 heavy (non-hydrogen) atoms. The summed E-state index contributed by atoms with van der Waals surface area (Å²) in [4.78, 5) is 16.2. The molecule has 2 aliphatic rings. The van der Waals surface area contributed by atoms with Crippen LogP contribution in [0.25, 0.3) is 0 Å². The summed E-state index contributed by atoms with van der Waals surface area (Å²) >= 11 is 0. The molecule has 3 unspecified atom stereocenters. The summed E-state index contributed by atoms with van der Waals surface area (Å²) in [6.45, 7) is 4.01. The van der Waals surface area contributed by atoms with E-state index in [0.717, 1.165) is 25.1 Å². The SMILES string of the molecule is CC(C)c1nc(C(=O)NC2CC3CCC2O3)n[nH]1. The Morgan fingerprint density at radius 3 is 2.89 bits per heavy atom.